The monoisotopic (exact) mass is 332 g/mol. The van der Waals surface area contributed by atoms with Gasteiger partial charge in [-0.05, 0) is 32.3 Å². The molecule has 1 unspecified atom stereocenters. The summed E-state index contributed by atoms with van der Waals surface area (Å²) in [4.78, 5) is 16.5. The van der Waals surface area contributed by atoms with E-state index < -0.39 is 0 Å². The summed E-state index contributed by atoms with van der Waals surface area (Å²) in [5.74, 6) is 1.12. The van der Waals surface area contributed by atoms with Crippen LogP contribution in [0.3, 0.4) is 0 Å². The minimum Gasteiger partial charge on any atom is -0.377 e. The van der Waals surface area contributed by atoms with E-state index in [4.69, 9.17) is 4.74 Å². The van der Waals surface area contributed by atoms with Crippen molar-refractivity contribution < 1.29 is 4.74 Å². The molecule has 0 spiro atoms. The summed E-state index contributed by atoms with van der Waals surface area (Å²) in [6.07, 6.45) is 4.61. The maximum atomic E-state index is 5.77. The van der Waals surface area contributed by atoms with Crippen molar-refractivity contribution in [1.29, 1.82) is 0 Å². The van der Waals surface area contributed by atoms with Gasteiger partial charge in [-0.3, -0.25) is 4.90 Å². The molecule has 23 heavy (non-hydrogen) atoms. The lowest BCUT2D eigenvalue weighted by Crippen LogP contribution is -2.48. The first-order chi connectivity index (χ1) is 11.2. The fourth-order valence-electron chi connectivity index (χ4n) is 3.62. The Hall–Kier alpha value is -1.24. The SMILES string of the molecule is Cc1sc2ncnc(N3CCN(CC4CCCO4)CC3)c2c1C. The van der Waals surface area contributed by atoms with Gasteiger partial charge in [-0.15, -0.1) is 11.3 Å². The molecule has 2 aromatic heterocycles. The highest BCUT2D eigenvalue weighted by Gasteiger charge is 2.25. The van der Waals surface area contributed by atoms with E-state index in [1.165, 1.54) is 28.7 Å². The first-order valence-electron chi connectivity index (χ1n) is 8.52. The largest absolute Gasteiger partial charge is 0.377 e. The Balaban J connectivity index is 1.48. The Morgan fingerprint density at radius 2 is 2.04 bits per heavy atom. The van der Waals surface area contributed by atoms with E-state index in [2.05, 4.69) is 33.6 Å². The molecule has 2 aliphatic heterocycles. The summed E-state index contributed by atoms with van der Waals surface area (Å²) in [5.41, 5.74) is 1.34. The average molecular weight is 332 g/mol. The second-order valence-electron chi connectivity index (χ2n) is 6.58. The smallest absolute Gasteiger partial charge is 0.141 e. The van der Waals surface area contributed by atoms with Gasteiger partial charge in [0.15, 0.2) is 0 Å². The van der Waals surface area contributed by atoms with E-state index in [-0.39, 0.29) is 0 Å². The number of thiophene rings is 1. The number of piperazine rings is 1. The zero-order valence-electron chi connectivity index (χ0n) is 13.9. The maximum Gasteiger partial charge on any atom is 0.141 e. The molecular weight excluding hydrogens is 308 g/mol. The van der Waals surface area contributed by atoms with Gasteiger partial charge in [0.05, 0.1) is 11.5 Å². The van der Waals surface area contributed by atoms with Gasteiger partial charge in [-0.1, -0.05) is 0 Å². The van der Waals surface area contributed by atoms with Crippen molar-refractivity contribution in [1.82, 2.24) is 14.9 Å². The number of hydrogen-bond acceptors (Lipinski definition) is 6. The average Bonchev–Trinajstić information content (AvgIpc) is 3.17. The molecule has 1 atom stereocenters. The molecule has 2 fully saturated rings. The van der Waals surface area contributed by atoms with Crippen LogP contribution in [0.25, 0.3) is 10.2 Å². The van der Waals surface area contributed by atoms with Gasteiger partial charge in [0.2, 0.25) is 0 Å². The summed E-state index contributed by atoms with van der Waals surface area (Å²) in [6, 6.07) is 0. The Labute approximate surface area is 141 Å². The molecule has 124 valence electrons. The van der Waals surface area contributed by atoms with Crippen LogP contribution >= 0.6 is 11.3 Å². The molecular formula is C17H24N4OS. The molecule has 0 radical (unpaired) electrons. The number of anilines is 1. The zero-order chi connectivity index (χ0) is 15.8. The fourth-order valence-corrected chi connectivity index (χ4v) is 4.61. The molecule has 0 N–H and O–H groups in total. The lowest BCUT2D eigenvalue weighted by Gasteiger charge is -2.36. The van der Waals surface area contributed by atoms with Crippen molar-refractivity contribution in [2.75, 3.05) is 44.2 Å². The van der Waals surface area contributed by atoms with Crippen LogP contribution < -0.4 is 4.90 Å². The van der Waals surface area contributed by atoms with Gasteiger partial charge in [-0.25, -0.2) is 9.97 Å². The fraction of sp³-hybridized carbons (Fsp3) is 0.647. The standard InChI is InChI=1S/C17H24N4OS/c1-12-13(2)23-17-15(12)16(18-11-19-17)21-7-5-20(6-8-21)10-14-4-3-9-22-14/h11,14H,3-10H2,1-2H3. The van der Waals surface area contributed by atoms with Gasteiger partial charge in [0.25, 0.3) is 0 Å². The van der Waals surface area contributed by atoms with E-state index in [0.717, 1.165) is 50.0 Å². The summed E-state index contributed by atoms with van der Waals surface area (Å²) < 4.78 is 5.77. The zero-order valence-corrected chi connectivity index (χ0v) is 14.7. The summed E-state index contributed by atoms with van der Waals surface area (Å²) in [6.45, 7) is 10.6. The van der Waals surface area contributed by atoms with E-state index in [1.54, 1.807) is 17.7 Å². The third kappa shape index (κ3) is 2.95. The molecule has 4 rings (SSSR count). The number of hydrogen-bond donors (Lipinski definition) is 0. The van der Waals surface area contributed by atoms with Crippen molar-refractivity contribution in [3.63, 3.8) is 0 Å². The molecule has 0 aliphatic carbocycles. The van der Waals surface area contributed by atoms with Gasteiger partial charge < -0.3 is 9.64 Å². The van der Waals surface area contributed by atoms with Crippen molar-refractivity contribution in [3.05, 3.63) is 16.8 Å². The summed E-state index contributed by atoms with van der Waals surface area (Å²) >= 11 is 1.77. The minimum absolute atomic E-state index is 0.453. The molecule has 0 bridgehead atoms. The van der Waals surface area contributed by atoms with Crippen molar-refractivity contribution >= 4 is 27.4 Å². The third-order valence-electron chi connectivity index (χ3n) is 5.10. The van der Waals surface area contributed by atoms with E-state index >= 15 is 0 Å². The van der Waals surface area contributed by atoms with Crippen LogP contribution in [0.4, 0.5) is 5.82 Å². The Kier molecular flexibility index (Phi) is 4.22. The molecule has 5 nitrogen and oxygen atoms in total. The molecule has 0 amide bonds. The van der Waals surface area contributed by atoms with Crippen LogP contribution in [0.2, 0.25) is 0 Å². The van der Waals surface area contributed by atoms with E-state index in [9.17, 15) is 0 Å². The predicted octanol–water partition coefficient (Wildman–Crippen LogP) is 2.61. The highest BCUT2D eigenvalue weighted by atomic mass is 32.1. The Bertz CT molecular complexity index is 687. The Morgan fingerprint density at radius 3 is 2.78 bits per heavy atom. The number of nitrogens with zero attached hydrogens (tertiary/aromatic N) is 4. The van der Waals surface area contributed by atoms with Crippen molar-refractivity contribution in [2.24, 2.45) is 0 Å². The number of rotatable bonds is 3. The van der Waals surface area contributed by atoms with Crippen LogP contribution in [0.1, 0.15) is 23.3 Å². The molecule has 0 saturated carbocycles. The number of fused-ring (bicyclic) bond motifs is 1. The van der Waals surface area contributed by atoms with Crippen LogP contribution in [-0.4, -0.2) is 60.3 Å². The van der Waals surface area contributed by atoms with Crippen LogP contribution in [0, 0.1) is 13.8 Å². The summed E-state index contributed by atoms with van der Waals surface area (Å²) in [5, 5.41) is 1.25. The highest BCUT2D eigenvalue weighted by molar-refractivity contribution is 7.18. The normalized spacial score (nSPS) is 23.0. The minimum atomic E-state index is 0.453. The highest BCUT2D eigenvalue weighted by Crippen LogP contribution is 2.34. The third-order valence-corrected chi connectivity index (χ3v) is 6.22. The van der Waals surface area contributed by atoms with Gasteiger partial charge >= 0.3 is 0 Å². The molecule has 0 aromatic carbocycles. The lowest BCUT2D eigenvalue weighted by atomic mass is 10.2. The number of aryl methyl sites for hydroxylation is 2. The topological polar surface area (TPSA) is 41.5 Å². The molecule has 4 heterocycles. The molecule has 2 saturated heterocycles. The van der Waals surface area contributed by atoms with Crippen LogP contribution in [0.15, 0.2) is 6.33 Å². The van der Waals surface area contributed by atoms with Crippen LogP contribution in [0.5, 0.6) is 0 Å². The van der Waals surface area contributed by atoms with Gasteiger partial charge in [0.1, 0.15) is 17.0 Å². The van der Waals surface area contributed by atoms with Crippen molar-refractivity contribution in [2.45, 2.75) is 32.8 Å². The van der Waals surface area contributed by atoms with Crippen LogP contribution in [-0.2, 0) is 4.74 Å². The summed E-state index contributed by atoms with van der Waals surface area (Å²) in [7, 11) is 0. The predicted molar refractivity (Wildman–Crippen MR) is 94.5 cm³/mol. The first kappa shape index (κ1) is 15.3. The quantitative estimate of drug-likeness (QED) is 0.864. The van der Waals surface area contributed by atoms with E-state index in [0.29, 0.717) is 6.10 Å². The lowest BCUT2D eigenvalue weighted by molar-refractivity contribution is 0.0712. The van der Waals surface area contributed by atoms with Gasteiger partial charge in [0, 0.05) is 44.2 Å². The number of aromatic nitrogens is 2. The van der Waals surface area contributed by atoms with E-state index in [1.807, 2.05) is 0 Å². The second-order valence-corrected chi connectivity index (χ2v) is 7.79. The number of ether oxygens (including phenoxy) is 1. The van der Waals surface area contributed by atoms with Crippen molar-refractivity contribution in [3.8, 4) is 0 Å². The second kappa shape index (κ2) is 6.34. The molecule has 2 aliphatic rings. The molecule has 6 heteroatoms. The first-order valence-corrected chi connectivity index (χ1v) is 9.33. The maximum absolute atomic E-state index is 5.77. The van der Waals surface area contributed by atoms with Gasteiger partial charge in [-0.2, -0.15) is 0 Å². The Morgan fingerprint density at radius 1 is 1.22 bits per heavy atom. The molecule has 2 aromatic rings.